The predicted molar refractivity (Wildman–Crippen MR) is 97.1 cm³/mol. The molecule has 2 heterocycles. The molecule has 4 rings (SSSR count). The normalized spacial score (nSPS) is 21.4. The number of carbonyl (C=O) groups is 1. The molecule has 0 fully saturated rings. The highest BCUT2D eigenvalue weighted by Crippen LogP contribution is 2.35. The Labute approximate surface area is 154 Å². The number of amides is 1. The molecule has 2 aliphatic heterocycles. The van der Waals surface area contributed by atoms with E-state index in [4.69, 9.17) is 23.2 Å². The lowest BCUT2D eigenvalue weighted by molar-refractivity contribution is -0.119. The summed E-state index contributed by atoms with van der Waals surface area (Å²) >= 11 is 12.0. The van der Waals surface area contributed by atoms with Gasteiger partial charge in [0.2, 0.25) is 5.91 Å². The smallest absolute Gasteiger partial charge is 0.248 e. The van der Waals surface area contributed by atoms with Gasteiger partial charge in [-0.1, -0.05) is 41.4 Å². The zero-order chi connectivity index (χ0) is 17.8. The van der Waals surface area contributed by atoms with Gasteiger partial charge in [-0.2, -0.15) is 5.10 Å². The molecule has 0 spiro atoms. The molecule has 2 aromatic rings. The van der Waals surface area contributed by atoms with Crippen LogP contribution in [0.4, 0.5) is 5.69 Å². The van der Waals surface area contributed by atoms with Crippen molar-refractivity contribution in [3.05, 3.63) is 58.1 Å². The van der Waals surface area contributed by atoms with Crippen LogP contribution in [0.15, 0.2) is 52.5 Å². The van der Waals surface area contributed by atoms with Crippen LogP contribution in [0, 0.1) is 5.92 Å². The molecule has 0 N–H and O–H groups in total. The van der Waals surface area contributed by atoms with Gasteiger partial charge < -0.3 is 0 Å². The number of hydrogen-bond donors (Lipinski definition) is 0. The molecule has 0 bridgehead atoms. The maximum absolute atomic E-state index is 12.5. The van der Waals surface area contributed by atoms with Crippen molar-refractivity contribution in [3.63, 3.8) is 0 Å². The molecule has 0 saturated carbocycles. The summed E-state index contributed by atoms with van der Waals surface area (Å²) in [5.41, 5.74) is 1.66. The number of rotatable bonds is 1. The minimum Gasteiger partial charge on any atom is -0.273 e. The van der Waals surface area contributed by atoms with Crippen molar-refractivity contribution < 1.29 is 13.2 Å². The van der Waals surface area contributed by atoms with Crippen molar-refractivity contribution >= 4 is 50.3 Å². The van der Waals surface area contributed by atoms with E-state index >= 15 is 0 Å². The minimum atomic E-state index is -3.42. The predicted octanol–water partition coefficient (Wildman–Crippen LogP) is 3.54. The molecule has 8 heteroatoms. The maximum atomic E-state index is 12.5. The lowest BCUT2D eigenvalue weighted by Crippen LogP contribution is -2.42. The zero-order valence-electron chi connectivity index (χ0n) is 12.8. The van der Waals surface area contributed by atoms with E-state index in [1.807, 2.05) is 0 Å². The molecule has 1 atom stereocenters. The van der Waals surface area contributed by atoms with E-state index in [9.17, 15) is 13.2 Å². The Balaban J connectivity index is 1.87. The van der Waals surface area contributed by atoms with Crippen molar-refractivity contribution in [2.45, 2.75) is 11.3 Å². The van der Waals surface area contributed by atoms with Crippen LogP contribution >= 0.6 is 23.2 Å². The molecule has 2 aromatic carbocycles. The first kappa shape index (κ1) is 16.6. The van der Waals surface area contributed by atoms with Crippen LogP contribution in [0.5, 0.6) is 0 Å². The summed E-state index contributed by atoms with van der Waals surface area (Å²) in [4.78, 5) is 12.8. The summed E-state index contributed by atoms with van der Waals surface area (Å²) in [7, 11) is -3.42. The summed E-state index contributed by atoms with van der Waals surface area (Å²) < 4.78 is 24.9. The molecule has 5 nitrogen and oxygen atoms in total. The zero-order valence-corrected chi connectivity index (χ0v) is 15.1. The molecule has 1 amide bonds. The maximum Gasteiger partial charge on any atom is 0.248 e. The molecule has 0 aliphatic carbocycles. The van der Waals surface area contributed by atoms with E-state index in [1.54, 1.807) is 42.5 Å². The van der Waals surface area contributed by atoms with Crippen molar-refractivity contribution in [2.24, 2.45) is 11.0 Å². The number of benzene rings is 2. The summed E-state index contributed by atoms with van der Waals surface area (Å²) in [6, 6.07) is 11.6. The van der Waals surface area contributed by atoms with Gasteiger partial charge >= 0.3 is 0 Å². The Bertz CT molecular complexity index is 1030. The van der Waals surface area contributed by atoms with E-state index in [-0.39, 0.29) is 23.0 Å². The van der Waals surface area contributed by atoms with Crippen molar-refractivity contribution in [1.29, 1.82) is 0 Å². The van der Waals surface area contributed by atoms with Crippen LogP contribution in [0.25, 0.3) is 0 Å². The average Bonchev–Trinajstić information content (AvgIpc) is 2.57. The Morgan fingerprint density at radius 3 is 2.60 bits per heavy atom. The third-order valence-electron chi connectivity index (χ3n) is 4.32. The Morgan fingerprint density at radius 2 is 1.84 bits per heavy atom. The van der Waals surface area contributed by atoms with Gasteiger partial charge in [0.25, 0.3) is 0 Å². The van der Waals surface area contributed by atoms with E-state index < -0.39 is 15.8 Å². The molecular formula is C17H12Cl2N2O3S. The van der Waals surface area contributed by atoms with Crippen LogP contribution < -0.4 is 5.01 Å². The molecule has 0 saturated heterocycles. The molecule has 0 aromatic heterocycles. The largest absolute Gasteiger partial charge is 0.273 e. The Hall–Kier alpha value is -1.89. The van der Waals surface area contributed by atoms with Gasteiger partial charge in [-0.3, -0.25) is 4.79 Å². The highest BCUT2D eigenvalue weighted by atomic mass is 35.5. The highest BCUT2D eigenvalue weighted by molar-refractivity contribution is 7.91. The number of sulfone groups is 1. The summed E-state index contributed by atoms with van der Waals surface area (Å²) in [6.07, 6.45) is 0.0760. The summed E-state index contributed by atoms with van der Waals surface area (Å²) in [5.74, 6) is -0.822. The van der Waals surface area contributed by atoms with Gasteiger partial charge in [0, 0.05) is 17.9 Å². The van der Waals surface area contributed by atoms with E-state index in [0.29, 0.717) is 27.0 Å². The van der Waals surface area contributed by atoms with Crippen molar-refractivity contribution in [1.82, 2.24) is 0 Å². The lowest BCUT2D eigenvalue weighted by atomic mass is 9.93. The van der Waals surface area contributed by atoms with E-state index in [2.05, 4.69) is 5.10 Å². The highest BCUT2D eigenvalue weighted by Gasteiger charge is 2.40. The van der Waals surface area contributed by atoms with E-state index in [1.165, 1.54) is 5.01 Å². The van der Waals surface area contributed by atoms with Gasteiger partial charge in [-0.15, -0.1) is 0 Å². The number of nitrogens with zero attached hydrogens (tertiary/aromatic N) is 2. The number of hydrazone groups is 1. The summed E-state index contributed by atoms with van der Waals surface area (Å²) in [6.45, 7) is 0. The third kappa shape index (κ3) is 2.74. The first-order valence-electron chi connectivity index (χ1n) is 7.55. The third-order valence-corrected chi connectivity index (χ3v) is 6.92. The molecule has 128 valence electrons. The number of carbonyl (C=O) groups excluding carboxylic acids is 1. The molecule has 1 unspecified atom stereocenters. The van der Waals surface area contributed by atoms with Crippen LogP contribution in [0.3, 0.4) is 0 Å². The number of fused-ring (bicyclic) bond motifs is 3. The van der Waals surface area contributed by atoms with Gasteiger partial charge in [0.05, 0.1) is 32.1 Å². The van der Waals surface area contributed by atoms with Crippen LogP contribution in [0.1, 0.15) is 12.0 Å². The summed E-state index contributed by atoms with van der Waals surface area (Å²) in [5, 5.41) is 6.44. The second-order valence-electron chi connectivity index (χ2n) is 5.97. The monoisotopic (exact) mass is 394 g/mol. The fourth-order valence-electron chi connectivity index (χ4n) is 3.17. The second-order valence-corrected chi connectivity index (χ2v) is 8.78. The van der Waals surface area contributed by atoms with Gasteiger partial charge in [0.15, 0.2) is 9.84 Å². The molecule has 0 radical (unpaired) electrons. The minimum absolute atomic E-state index is 0.0760. The number of hydrogen-bond acceptors (Lipinski definition) is 4. The molecule has 2 aliphatic rings. The van der Waals surface area contributed by atoms with Crippen LogP contribution in [-0.4, -0.2) is 25.8 Å². The topological polar surface area (TPSA) is 66.8 Å². The van der Waals surface area contributed by atoms with E-state index in [0.717, 1.165) is 0 Å². The quantitative estimate of drug-likeness (QED) is 0.742. The fraction of sp³-hybridized carbons (Fsp3) is 0.176. The molecule has 25 heavy (non-hydrogen) atoms. The first-order chi connectivity index (χ1) is 11.9. The van der Waals surface area contributed by atoms with Gasteiger partial charge in [0.1, 0.15) is 0 Å². The number of halogens is 2. The van der Waals surface area contributed by atoms with Crippen LogP contribution in [-0.2, 0) is 14.6 Å². The fourth-order valence-corrected chi connectivity index (χ4v) is 5.24. The van der Waals surface area contributed by atoms with Crippen molar-refractivity contribution in [3.8, 4) is 0 Å². The van der Waals surface area contributed by atoms with Crippen LogP contribution in [0.2, 0.25) is 10.0 Å². The molecular weight excluding hydrogens is 383 g/mol. The number of anilines is 1. The van der Waals surface area contributed by atoms with Gasteiger partial charge in [-0.05, 0) is 24.3 Å². The first-order valence-corrected chi connectivity index (χ1v) is 9.96. The van der Waals surface area contributed by atoms with Crippen molar-refractivity contribution in [2.75, 3.05) is 10.8 Å². The second kappa shape index (κ2) is 5.83. The standard InChI is InChI=1S/C17H12Cl2N2O3S/c18-13-6-5-11(8-14(13)19)21-16(22)7-10-9-25(23,24)15-4-2-1-3-12(15)17(10)20-21/h1-6,8,10H,7,9H2. The lowest BCUT2D eigenvalue weighted by Gasteiger charge is -2.33. The Morgan fingerprint density at radius 1 is 1.08 bits per heavy atom. The SMILES string of the molecule is O=C1CC2CS(=O)(=O)c3ccccc3C2=NN1c1ccc(Cl)c(Cl)c1. The average molecular weight is 395 g/mol. The Kier molecular flexibility index (Phi) is 3.86. The van der Waals surface area contributed by atoms with Gasteiger partial charge in [-0.25, -0.2) is 13.4 Å².